The Morgan fingerprint density at radius 3 is 2.33 bits per heavy atom. The zero-order chi connectivity index (χ0) is 21.1. The molecule has 1 aromatic heterocycles. The van der Waals surface area contributed by atoms with Crippen molar-refractivity contribution in [1.29, 1.82) is 0 Å². The molecule has 1 fully saturated rings. The van der Waals surface area contributed by atoms with Crippen molar-refractivity contribution in [2.75, 3.05) is 32.6 Å². The molecule has 6 nitrogen and oxygen atoms in total. The van der Waals surface area contributed by atoms with E-state index in [1.54, 1.807) is 38.5 Å². The van der Waals surface area contributed by atoms with Crippen LogP contribution in [0.3, 0.4) is 0 Å². The number of pyridine rings is 1. The lowest BCUT2D eigenvalue weighted by molar-refractivity contribution is 0.0719. The van der Waals surface area contributed by atoms with Crippen molar-refractivity contribution in [2.45, 2.75) is 19.3 Å². The summed E-state index contributed by atoms with van der Waals surface area (Å²) in [5.74, 6) is 0.693. The Bertz CT molecular complexity index is 1060. The smallest absolute Gasteiger partial charge is 0.272 e. The minimum absolute atomic E-state index is 0.0893. The number of nitrogens with one attached hydrogen (secondary N) is 1. The number of carbonyl (C=O) groups excluding carboxylic acids is 1. The van der Waals surface area contributed by atoms with Crippen molar-refractivity contribution < 1.29 is 18.7 Å². The molecule has 0 aliphatic carbocycles. The minimum Gasteiger partial charge on any atom is -0.493 e. The van der Waals surface area contributed by atoms with E-state index >= 15 is 0 Å². The third-order valence-corrected chi connectivity index (χ3v) is 5.30. The normalized spacial score (nSPS) is 13.9. The highest BCUT2D eigenvalue weighted by atomic mass is 19.1. The van der Waals surface area contributed by atoms with Crippen molar-refractivity contribution in [2.24, 2.45) is 0 Å². The first-order chi connectivity index (χ1) is 14.6. The molecule has 2 heterocycles. The highest BCUT2D eigenvalue weighted by molar-refractivity contribution is 6.01. The molecule has 1 N–H and O–H groups in total. The fourth-order valence-electron chi connectivity index (χ4n) is 3.71. The fourth-order valence-corrected chi connectivity index (χ4v) is 3.71. The zero-order valence-electron chi connectivity index (χ0n) is 17.1. The maximum absolute atomic E-state index is 13.3. The molecule has 0 atom stereocenters. The Kier molecular flexibility index (Phi) is 5.70. The third-order valence-electron chi connectivity index (χ3n) is 5.30. The molecule has 0 spiro atoms. The van der Waals surface area contributed by atoms with Crippen molar-refractivity contribution in [1.82, 2.24) is 9.88 Å². The third kappa shape index (κ3) is 4.01. The molecule has 1 aliphatic heterocycles. The number of ether oxygens (including phenoxy) is 2. The van der Waals surface area contributed by atoms with E-state index in [9.17, 15) is 9.18 Å². The van der Waals surface area contributed by atoms with E-state index in [1.165, 1.54) is 12.1 Å². The van der Waals surface area contributed by atoms with Gasteiger partial charge in [0.2, 0.25) is 0 Å². The highest BCUT2D eigenvalue weighted by Gasteiger charge is 2.22. The summed E-state index contributed by atoms with van der Waals surface area (Å²) >= 11 is 0. The summed E-state index contributed by atoms with van der Waals surface area (Å²) in [5, 5.41) is 4.06. The van der Waals surface area contributed by atoms with Crippen LogP contribution < -0.4 is 14.8 Å². The Hall–Kier alpha value is -3.35. The number of carbonyl (C=O) groups is 1. The number of fused-ring (bicyclic) bond motifs is 1. The van der Waals surface area contributed by atoms with Crippen molar-refractivity contribution in [3.8, 4) is 11.5 Å². The summed E-state index contributed by atoms with van der Waals surface area (Å²) in [6.45, 7) is 1.48. The number of halogens is 1. The van der Waals surface area contributed by atoms with Gasteiger partial charge in [-0.1, -0.05) is 0 Å². The maximum Gasteiger partial charge on any atom is 0.272 e. The van der Waals surface area contributed by atoms with Gasteiger partial charge in [0, 0.05) is 30.2 Å². The molecule has 1 saturated heterocycles. The van der Waals surface area contributed by atoms with Gasteiger partial charge in [-0.2, -0.15) is 0 Å². The lowest BCUT2D eigenvalue weighted by Crippen LogP contribution is -2.36. The molecule has 0 unspecified atom stereocenters. The van der Waals surface area contributed by atoms with Crippen LogP contribution in [0.4, 0.5) is 15.8 Å². The number of aromatic nitrogens is 1. The first-order valence-corrected chi connectivity index (χ1v) is 9.97. The molecular formula is C23H24FN3O3. The molecule has 4 rings (SSSR count). The summed E-state index contributed by atoms with van der Waals surface area (Å²) < 4.78 is 24.2. The van der Waals surface area contributed by atoms with E-state index in [-0.39, 0.29) is 11.7 Å². The molecule has 3 aromatic rings. The molecular weight excluding hydrogens is 385 g/mol. The van der Waals surface area contributed by atoms with Gasteiger partial charge in [0.05, 0.1) is 25.4 Å². The zero-order valence-corrected chi connectivity index (χ0v) is 17.1. The van der Waals surface area contributed by atoms with Gasteiger partial charge in [0.15, 0.2) is 11.5 Å². The van der Waals surface area contributed by atoms with Crippen LogP contribution in [-0.2, 0) is 0 Å². The van der Waals surface area contributed by atoms with Gasteiger partial charge in [-0.25, -0.2) is 9.37 Å². The van der Waals surface area contributed by atoms with Crippen LogP contribution >= 0.6 is 0 Å². The molecule has 156 valence electrons. The van der Waals surface area contributed by atoms with Gasteiger partial charge in [0.25, 0.3) is 5.91 Å². The number of likely N-dealkylation sites (tertiary alicyclic amines) is 1. The molecule has 0 bridgehead atoms. The molecule has 0 radical (unpaired) electrons. The number of hydrogen-bond acceptors (Lipinski definition) is 5. The number of anilines is 2. The first-order valence-electron chi connectivity index (χ1n) is 9.97. The summed E-state index contributed by atoms with van der Waals surface area (Å²) in [7, 11) is 3.13. The summed E-state index contributed by atoms with van der Waals surface area (Å²) in [6.07, 6.45) is 3.15. The summed E-state index contributed by atoms with van der Waals surface area (Å²) in [4.78, 5) is 19.6. The largest absolute Gasteiger partial charge is 0.493 e. The molecule has 1 aliphatic rings. The maximum atomic E-state index is 13.3. The number of amides is 1. The Labute approximate surface area is 174 Å². The molecule has 30 heavy (non-hydrogen) atoms. The SMILES string of the molecule is COc1cc2nc(C(=O)N3CCCCC3)cc(Nc3ccc(F)cc3)c2cc1OC. The van der Waals surface area contributed by atoms with E-state index in [2.05, 4.69) is 10.3 Å². The quantitative estimate of drug-likeness (QED) is 0.658. The van der Waals surface area contributed by atoms with Crippen LogP contribution in [0.1, 0.15) is 29.8 Å². The van der Waals surface area contributed by atoms with Crippen LogP contribution in [-0.4, -0.2) is 43.1 Å². The topological polar surface area (TPSA) is 63.7 Å². The fraction of sp³-hybridized carbons (Fsp3) is 0.304. The number of piperidine rings is 1. The first kappa shape index (κ1) is 19.9. The molecule has 0 saturated carbocycles. The van der Waals surface area contributed by atoms with Crippen LogP contribution in [0.5, 0.6) is 11.5 Å². The predicted molar refractivity (Wildman–Crippen MR) is 114 cm³/mol. The lowest BCUT2D eigenvalue weighted by atomic mass is 10.1. The standard InChI is InChI=1S/C23H24FN3O3/c1-29-21-12-17-18(25-16-8-6-15(24)7-9-16)13-20(26-19(17)14-22(21)30-2)23(28)27-10-4-3-5-11-27/h6-9,12-14H,3-5,10-11H2,1-2H3,(H,25,26). The van der Waals surface area contributed by atoms with Gasteiger partial charge < -0.3 is 19.7 Å². The van der Waals surface area contributed by atoms with Gasteiger partial charge in [-0.05, 0) is 55.7 Å². The molecule has 7 heteroatoms. The van der Waals surface area contributed by atoms with Gasteiger partial charge in [-0.3, -0.25) is 4.79 Å². The number of methoxy groups -OCH3 is 2. The second kappa shape index (κ2) is 8.57. The number of benzene rings is 2. The molecule has 1 amide bonds. The van der Waals surface area contributed by atoms with E-state index in [0.717, 1.165) is 37.7 Å². The Morgan fingerprint density at radius 1 is 1.00 bits per heavy atom. The van der Waals surface area contributed by atoms with E-state index in [4.69, 9.17) is 9.47 Å². The van der Waals surface area contributed by atoms with Gasteiger partial charge in [0.1, 0.15) is 11.5 Å². The predicted octanol–water partition coefficient (Wildman–Crippen LogP) is 4.76. The van der Waals surface area contributed by atoms with Crippen LogP contribution in [0, 0.1) is 5.82 Å². The van der Waals surface area contributed by atoms with Crippen LogP contribution in [0.25, 0.3) is 10.9 Å². The second-order valence-electron chi connectivity index (χ2n) is 7.26. The number of rotatable bonds is 5. The summed E-state index contributed by atoms with van der Waals surface area (Å²) in [6, 6.07) is 11.4. The van der Waals surface area contributed by atoms with Gasteiger partial charge >= 0.3 is 0 Å². The van der Waals surface area contributed by atoms with E-state index < -0.39 is 0 Å². The lowest BCUT2D eigenvalue weighted by Gasteiger charge is -2.26. The summed E-state index contributed by atoms with van der Waals surface area (Å²) in [5.41, 5.74) is 2.37. The minimum atomic E-state index is -0.312. The number of nitrogens with zero attached hydrogens (tertiary/aromatic N) is 2. The van der Waals surface area contributed by atoms with Crippen molar-refractivity contribution >= 4 is 28.2 Å². The second-order valence-corrected chi connectivity index (χ2v) is 7.26. The van der Waals surface area contributed by atoms with Crippen molar-refractivity contribution in [3.63, 3.8) is 0 Å². The Morgan fingerprint density at radius 2 is 1.67 bits per heavy atom. The van der Waals surface area contributed by atoms with Crippen LogP contribution in [0.15, 0.2) is 42.5 Å². The molecule has 2 aromatic carbocycles. The Balaban J connectivity index is 1.82. The monoisotopic (exact) mass is 409 g/mol. The average molecular weight is 409 g/mol. The van der Waals surface area contributed by atoms with E-state index in [0.29, 0.717) is 34.1 Å². The average Bonchev–Trinajstić information content (AvgIpc) is 2.79. The van der Waals surface area contributed by atoms with E-state index in [1.807, 2.05) is 11.0 Å². The van der Waals surface area contributed by atoms with Crippen LogP contribution in [0.2, 0.25) is 0 Å². The van der Waals surface area contributed by atoms with Crippen molar-refractivity contribution in [3.05, 3.63) is 54.0 Å². The number of hydrogen-bond donors (Lipinski definition) is 1. The highest BCUT2D eigenvalue weighted by Crippen LogP contribution is 2.36. The van der Waals surface area contributed by atoms with Gasteiger partial charge in [-0.15, -0.1) is 0 Å².